The lowest BCUT2D eigenvalue weighted by Crippen LogP contribution is -2.47. The van der Waals surface area contributed by atoms with E-state index < -0.39 is 0 Å². The van der Waals surface area contributed by atoms with Crippen molar-refractivity contribution in [3.05, 3.63) is 0 Å². The van der Waals surface area contributed by atoms with Gasteiger partial charge in [-0.05, 0) is 25.3 Å². The highest BCUT2D eigenvalue weighted by molar-refractivity contribution is 5.89. The van der Waals surface area contributed by atoms with Crippen LogP contribution in [0, 0.1) is 11.3 Å². The molecule has 0 aromatic heterocycles. The topological polar surface area (TPSA) is 41.1 Å². The lowest BCUT2D eigenvalue weighted by Gasteiger charge is -2.25. The Morgan fingerprint density at radius 2 is 2.07 bits per heavy atom. The predicted octanol–water partition coefficient (Wildman–Crippen LogP) is 0.942. The monoisotopic (exact) mass is 210 g/mol. The van der Waals surface area contributed by atoms with Crippen molar-refractivity contribution in [2.75, 3.05) is 13.1 Å². The summed E-state index contributed by atoms with van der Waals surface area (Å²) in [6.45, 7) is 8.17. The van der Waals surface area contributed by atoms with Crippen molar-refractivity contribution in [1.29, 1.82) is 0 Å². The molecule has 3 unspecified atom stereocenters. The SMILES string of the molecule is CC(C)(C)C(=O)C1CC2CCNCC2N1. The Hall–Kier alpha value is -0.410. The van der Waals surface area contributed by atoms with Crippen LogP contribution in [-0.2, 0) is 4.79 Å². The Labute approximate surface area is 92.0 Å². The summed E-state index contributed by atoms with van der Waals surface area (Å²) < 4.78 is 0. The van der Waals surface area contributed by atoms with Crippen LogP contribution in [0.4, 0.5) is 0 Å². The molecule has 2 fully saturated rings. The van der Waals surface area contributed by atoms with Crippen LogP contribution >= 0.6 is 0 Å². The summed E-state index contributed by atoms with van der Waals surface area (Å²) in [5.74, 6) is 1.08. The maximum atomic E-state index is 12.1. The fourth-order valence-electron chi connectivity index (χ4n) is 2.72. The van der Waals surface area contributed by atoms with Crippen molar-refractivity contribution >= 4 is 5.78 Å². The van der Waals surface area contributed by atoms with E-state index in [-0.39, 0.29) is 11.5 Å². The Morgan fingerprint density at radius 3 is 2.67 bits per heavy atom. The molecular weight excluding hydrogens is 188 g/mol. The number of Topliss-reactive ketones (excluding diaryl/α,β-unsaturated/α-hetero) is 1. The molecule has 2 saturated heterocycles. The normalized spacial score (nSPS) is 36.3. The smallest absolute Gasteiger partial charge is 0.155 e. The van der Waals surface area contributed by atoms with Crippen LogP contribution in [0.15, 0.2) is 0 Å². The van der Waals surface area contributed by atoms with Crippen molar-refractivity contribution in [1.82, 2.24) is 10.6 Å². The Balaban J connectivity index is 2.00. The quantitative estimate of drug-likeness (QED) is 0.677. The van der Waals surface area contributed by atoms with Crippen LogP contribution in [0.5, 0.6) is 0 Å². The molecule has 3 atom stereocenters. The van der Waals surface area contributed by atoms with Crippen LogP contribution in [0.2, 0.25) is 0 Å². The van der Waals surface area contributed by atoms with Gasteiger partial charge in [-0.15, -0.1) is 0 Å². The molecule has 2 rings (SSSR count). The summed E-state index contributed by atoms with van der Waals surface area (Å²) in [7, 11) is 0. The van der Waals surface area contributed by atoms with Crippen LogP contribution in [0.1, 0.15) is 33.6 Å². The van der Waals surface area contributed by atoms with Crippen molar-refractivity contribution < 1.29 is 4.79 Å². The Morgan fingerprint density at radius 1 is 1.33 bits per heavy atom. The number of nitrogens with one attached hydrogen (secondary N) is 2. The molecule has 0 radical (unpaired) electrons. The van der Waals surface area contributed by atoms with E-state index in [4.69, 9.17) is 0 Å². The molecule has 0 bridgehead atoms. The van der Waals surface area contributed by atoms with Crippen molar-refractivity contribution in [2.24, 2.45) is 11.3 Å². The van der Waals surface area contributed by atoms with Gasteiger partial charge >= 0.3 is 0 Å². The van der Waals surface area contributed by atoms with E-state index in [1.54, 1.807) is 0 Å². The molecule has 0 aromatic rings. The highest BCUT2D eigenvalue weighted by Gasteiger charge is 2.41. The van der Waals surface area contributed by atoms with Gasteiger partial charge in [0.25, 0.3) is 0 Å². The summed E-state index contributed by atoms with van der Waals surface area (Å²) in [4.78, 5) is 12.1. The Bertz CT molecular complexity index is 243. The van der Waals surface area contributed by atoms with Crippen LogP contribution in [0.3, 0.4) is 0 Å². The average Bonchev–Trinajstić information content (AvgIpc) is 2.58. The molecule has 3 heteroatoms. The van der Waals surface area contributed by atoms with E-state index in [1.807, 2.05) is 20.8 Å². The average molecular weight is 210 g/mol. The van der Waals surface area contributed by atoms with E-state index >= 15 is 0 Å². The molecule has 0 amide bonds. The molecule has 3 nitrogen and oxygen atoms in total. The van der Waals surface area contributed by atoms with Crippen molar-refractivity contribution in [2.45, 2.75) is 45.7 Å². The molecular formula is C12H22N2O. The second-order valence-electron chi connectivity index (χ2n) is 5.93. The standard InChI is InChI=1S/C12H22N2O/c1-12(2,3)11(15)9-6-8-4-5-13-7-10(8)14-9/h8-10,13-14H,4-7H2,1-3H3. The number of ketones is 1. The minimum atomic E-state index is -0.210. The zero-order chi connectivity index (χ0) is 11.1. The largest absolute Gasteiger partial charge is 0.315 e. The lowest BCUT2D eigenvalue weighted by atomic mass is 9.84. The molecule has 0 saturated carbocycles. The molecule has 2 heterocycles. The summed E-state index contributed by atoms with van der Waals surface area (Å²) >= 11 is 0. The predicted molar refractivity (Wildman–Crippen MR) is 60.8 cm³/mol. The van der Waals surface area contributed by atoms with Gasteiger partial charge in [0.1, 0.15) is 0 Å². The van der Waals surface area contributed by atoms with E-state index in [0.29, 0.717) is 17.7 Å². The fraction of sp³-hybridized carbons (Fsp3) is 0.917. The number of carbonyl (C=O) groups is 1. The third-order valence-corrected chi connectivity index (χ3v) is 3.63. The highest BCUT2D eigenvalue weighted by Crippen LogP contribution is 2.29. The second kappa shape index (κ2) is 3.87. The van der Waals surface area contributed by atoms with Crippen LogP contribution < -0.4 is 10.6 Å². The maximum absolute atomic E-state index is 12.1. The maximum Gasteiger partial charge on any atom is 0.155 e. The van der Waals surface area contributed by atoms with E-state index in [9.17, 15) is 4.79 Å². The zero-order valence-electron chi connectivity index (χ0n) is 9.97. The van der Waals surface area contributed by atoms with Crippen LogP contribution in [-0.4, -0.2) is 31.0 Å². The lowest BCUT2D eigenvalue weighted by molar-refractivity contribution is -0.128. The van der Waals surface area contributed by atoms with Crippen molar-refractivity contribution in [3.63, 3.8) is 0 Å². The minimum absolute atomic E-state index is 0.0971. The van der Waals surface area contributed by atoms with E-state index in [1.165, 1.54) is 6.42 Å². The first-order valence-electron chi connectivity index (χ1n) is 5.99. The van der Waals surface area contributed by atoms with Gasteiger partial charge < -0.3 is 10.6 Å². The molecule has 2 aliphatic rings. The van der Waals surface area contributed by atoms with Gasteiger partial charge in [-0.1, -0.05) is 20.8 Å². The first kappa shape index (κ1) is 11.1. The highest BCUT2D eigenvalue weighted by atomic mass is 16.1. The van der Waals surface area contributed by atoms with Gasteiger partial charge in [0, 0.05) is 18.0 Å². The molecule has 0 aromatic carbocycles. The van der Waals surface area contributed by atoms with Crippen LogP contribution in [0.25, 0.3) is 0 Å². The molecule has 0 spiro atoms. The molecule has 15 heavy (non-hydrogen) atoms. The molecule has 0 aliphatic carbocycles. The first-order chi connectivity index (χ1) is 6.98. The van der Waals surface area contributed by atoms with Crippen molar-refractivity contribution in [3.8, 4) is 0 Å². The number of rotatable bonds is 1. The first-order valence-corrected chi connectivity index (χ1v) is 5.99. The van der Waals surface area contributed by atoms with Gasteiger partial charge in [-0.25, -0.2) is 0 Å². The number of piperidine rings is 1. The molecule has 2 aliphatic heterocycles. The second-order valence-corrected chi connectivity index (χ2v) is 5.93. The fourth-order valence-corrected chi connectivity index (χ4v) is 2.72. The molecule has 86 valence electrons. The Kier molecular flexibility index (Phi) is 2.86. The van der Waals surface area contributed by atoms with Gasteiger partial charge in [-0.2, -0.15) is 0 Å². The molecule has 2 N–H and O–H groups in total. The van der Waals surface area contributed by atoms with Gasteiger partial charge in [0.05, 0.1) is 6.04 Å². The number of fused-ring (bicyclic) bond motifs is 1. The summed E-state index contributed by atoms with van der Waals surface area (Å²) in [6, 6.07) is 0.620. The van der Waals surface area contributed by atoms with Gasteiger partial charge in [-0.3, -0.25) is 4.79 Å². The van der Waals surface area contributed by atoms with E-state index in [0.717, 1.165) is 19.5 Å². The summed E-state index contributed by atoms with van der Waals surface area (Å²) in [6.07, 6.45) is 2.26. The summed E-state index contributed by atoms with van der Waals surface area (Å²) in [5, 5.41) is 6.87. The number of hydrogen-bond donors (Lipinski definition) is 2. The van der Waals surface area contributed by atoms with Gasteiger partial charge in [0.15, 0.2) is 5.78 Å². The summed E-state index contributed by atoms with van der Waals surface area (Å²) in [5.41, 5.74) is -0.210. The zero-order valence-corrected chi connectivity index (χ0v) is 9.97. The van der Waals surface area contributed by atoms with E-state index in [2.05, 4.69) is 10.6 Å². The minimum Gasteiger partial charge on any atom is -0.315 e. The van der Waals surface area contributed by atoms with Gasteiger partial charge in [0.2, 0.25) is 0 Å². The number of carbonyl (C=O) groups excluding carboxylic acids is 1. The third kappa shape index (κ3) is 2.23. The number of hydrogen-bond acceptors (Lipinski definition) is 3. The third-order valence-electron chi connectivity index (χ3n) is 3.63.